The lowest BCUT2D eigenvalue weighted by atomic mass is 10.0. The van der Waals surface area contributed by atoms with Gasteiger partial charge in [-0.2, -0.15) is 0 Å². The van der Waals surface area contributed by atoms with E-state index in [0.717, 1.165) is 18.8 Å². The number of hydrogen-bond donors (Lipinski definition) is 1. The molecule has 0 fully saturated rings. The van der Waals surface area contributed by atoms with Crippen molar-refractivity contribution in [3.8, 4) is 0 Å². The minimum absolute atomic E-state index is 0.0333. The number of aliphatic hydroxyl groups excluding tert-OH is 1. The maximum absolute atomic E-state index is 9.59. The number of hydrogen-bond acceptors (Lipinski definition) is 1. The number of rotatable bonds is 9. The highest BCUT2D eigenvalue weighted by molar-refractivity contribution is 4.56. The largest absolute Gasteiger partial charge is 0.393 e. The molecule has 0 saturated carbocycles. The molecule has 0 aromatic heterocycles. The predicted octanol–water partition coefficient (Wildman–Crippen LogP) is 4.14. The molecule has 0 aliphatic rings. The summed E-state index contributed by atoms with van der Waals surface area (Å²) >= 11 is 0. The third-order valence-electron chi connectivity index (χ3n) is 2.71. The van der Waals surface area contributed by atoms with E-state index in [9.17, 15) is 5.11 Å². The quantitative estimate of drug-likeness (QED) is 0.554. The molecule has 0 rings (SSSR count). The van der Waals surface area contributed by atoms with Crippen LogP contribution in [0.5, 0.6) is 0 Å². The van der Waals surface area contributed by atoms with Crippen molar-refractivity contribution >= 4 is 0 Å². The van der Waals surface area contributed by atoms with Gasteiger partial charge < -0.3 is 5.11 Å². The zero-order valence-corrected chi connectivity index (χ0v) is 10.3. The van der Waals surface area contributed by atoms with Crippen molar-refractivity contribution in [1.29, 1.82) is 0 Å². The maximum atomic E-state index is 9.59. The van der Waals surface area contributed by atoms with Crippen LogP contribution in [0.15, 0.2) is 0 Å². The Labute approximate surface area is 89.9 Å². The molecule has 0 aromatic rings. The maximum Gasteiger partial charge on any atom is 0.0540 e. The molecule has 1 N–H and O–H groups in total. The highest BCUT2D eigenvalue weighted by atomic mass is 16.3. The highest BCUT2D eigenvalue weighted by Gasteiger charge is 2.02. The van der Waals surface area contributed by atoms with Crippen LogP contribution in [0.4, 0.5) is 0 Å². The van der Waals surface area contributed by atoms with Crippen LogP contribution >= 0.6 is 0 Å². The summed E-state index contributed by atoms with van der Waals surface area (Å²) in [6, 6.07) is 0. The van der Waals surface area contributed by atoms with Crippen molar-refractivity contribution < 1.29 is 5.11 Å². The molecule has 0 aromatic carbocycles. The van der Waals surface area contributed by atoms with E-state index in [1.807, 2.05) is 0 Å². The van der Waals surface area contributed by atoms with Gasteiger partial charge in [0.25, 0.3) is 0 Å². The van der Waals surface area contributed by atoms with Gasteiger partial charge in [0.05, 0.1) is 6.10 Å². The SMILES string of the molecule is CCCCC(O)CCCCCC(C)C. The Bertz CT molecular complexity index is 110. The first-order valence-electron chi connectivity index (χ1n) is 6.34. The summed E-state index contributed by atoms with van der Waals surface area (Å²) < 4.78 is 0. The third-order valence-corrected chi connectivity index (χ3v) is 2.71. The summed E-state index contributed by atoms with van der Waals surface area (Å²) in [5.41, 5.74) is 0. The van der Waals surface area contributed by atoms with E-state index < -0.39 is 0 Å². The van der Waals surface area contributed by atoms with Crippen LogP contribution in [0.25, 0.3) is 0 Å². The Balaban J connectivity index is 3.10. The molecule has 14 heavy (non-hydrogen) atoms. The van der Waals surface area contributed by atoms with Crippen LogP contribution < -0.4 is 0 Å². The highest BCUT2D eigenvalue weighted by Crippen LogP contribution is 2.12. The van der Waals surface area contributed by atoms with Gasteiger partial charge >= 0.3 is 0 Å². The lowest BCUT2D eigenvalue weighted by Gasteiger charge is -2.09. The van der Waals surface area contributed by atoms with Crippen LogP contribution in [-0.4, -0.2) is 11.2 Å². The fourth-order valence-electron chi connectivity index (χ4n) is 1.69. The molecule has 1 unspecified atom stereocenters. The van der Waals surface area contributed by atoms with Crippen LogP contribution in [0.3, 0.4) is 0 Å². The van der Waals surface area contributed by atoms with E-state index in [1.54, 1.807) is 0 Å². The summed E-state index contributed by atoms with van der Waals surface area (Å²) in [6.45, 7) is 6.72. The molecule has 0 amide bonds. The van der Waals surface area contributed by atoms with Crippen molar-refractivity contribution in [1.82, 2.24) is 0 Å². The molecule has 1 heteroatoms. The predicted molar refractivity (Wildman–Crippen MR) is 63.5 cm³/mol. The summed E-state index contributed by atoms with van der Waals surface area (Å²) in [6.07, 6.45) is 9.52. The van der Waals surface area contributed by atoms with E-state index in [4.69, 9.17) is 0 Å². The van der Waals surface area contributed by atoms with E-state index in [1.165, 1.54) is 38.5 Å². The fourth-order valence-corrected chi connectivity index (χ4v) is 1.69. The van der Waals surface area contributed by atoms with Crippen LogP contribution in [-0.2, 0) is 0 Å². The summed E-state index contributed by atoms with van der Waals surface area (Å²) in [5.74, 6) is 0.833. The second kappa shape index (κ2) is 9.51. The number of unbranched alkanes of at least 4 members (excludes halogenated alkanes) is 3. The van der Waals surface area contributed by atoms with Crippen molar-refractivity contribution in [2.75, 3.05) is 0 Å². The first kappa shape index (κ1) is 14.0. The molecular weight excluding hydrogens is 172 g/mol. The lowest BCUT2D eigenvalue weighted by molar-refractivity contribution is 0.148. The molecule has 1 nitrogen and oxygen atoms in total. The Kier molecular flexibility index (Phi) is 9.49. The summed E-state index contributed by atoms with van der Waals surface area (Å²) in [4.78, 5) is 0. The van der Waals surface area contributed by atoms with Crippen molar-refractivity contribution in [3.05, 3.63) is 0 Å². The molecule has 0 bridgehead atoms. The molecule has 0 saturated heterocycles. The van der Waals surface area contributed by atoms with E-state index in [-0.39, 0.29) is 6.10 Å². The van der Waals surface area contributed by atoms with Crippen molar-refractivity contribution in [2.45, 2.75) is 78.2 Å². The monoisotopic (exact) mass is 200 g/mol. The van der Waals surface area contributed by atoms with Gasteiger partial charge in [-0.15, -0.1) is 0 Å². The molecule has 0 radical (unpaired) electrons. The zero-order chi connectivity index (χ0) is 10.8. The Morgan fingerprint density at radius 3 is 2.00 bits per heavy atom. The van der Waals surface area contributed by atoms with Crippen molar-refractivity contribution in [2.24, 2.45) is 5.92 Å². The molecule has 1 atom stereocenters. The minimum Gasteiger partial charge on any atom is -0.393 e. The van der Waals surface area contributed by atoms with Crippen LogP contribution in [0.2, 0.25) is 0 Å². The van der Waals surface area contributed by atoms with Crippen LogP contribution in [0.1, 0.15) is 72.1 Å². The Morgan fingerprint density at radius 1 is 0.857 bits per heavy atom. The second-order valence-electron chi connectivity index (χ2n) is 4.83. The average Bonchev–Trinajstić information content (AvgIpc) is 2.13. The lowest BCUT2D eigenvalue weighted by Crippen LogP contribution is -2.05. The van der Waals surface area contributed by atoms with Gasteiger partial charge in [0.2, 0.25) is 0 Å². The van der Waals surface area contributed by atoms with Gasteiger partial charge in [-0.3, -0.25) is 0 Å². The minimum atomic E-state index is -0.0333. The van der Waals surface area contributed by atoms with Crippen LogP contribution in [0, 0.1) is 5.92 Å². The molecule has 0 spiro atoms. The first-order chi connectivity index (χ1) is 6.66. The van der Waals surface area contributed by atoms with E-state index in [0.29, 0.717) is 0 Å². The Hall–Kier alpha value is -0.0400. The number of aliphatic hydroxyl groups is 1. The average molecular weight is 200 g/mol. The summed E-state index contributed by atoms with van der Waals surface area (Å²) in [7, 11) is 0. The first-order valence-corrected chi connectivity index (χ1v) is 6.34. The standard InChI is InChI=1S/C13H28O/c1-4-5-10-13(14)11-8-6-7-9-12(2)3/h12-14H,4-11H2,1-3H3. The molecule has 86 valence electrons. The van der Waals surface area contributed by atoms with Gasteiger partial charge in [0.1, 0.15) is 0 Å². The molecular formula is C13H28O. The third kappa shape index (κ3) is 10.0. The van der Waals surface area contributed by atoms with Gasteiger partial charge in [-0.1, -0.05) is 59.3 Å². The molecule has 0 aliphatic carbocycles. The van der Waals surface area contributed by atoms with Gasteiger partial charge in [0, 0.05) is 0 Å². The fraction of sp³-hybridized carbons (Fsp3) is 1.00. The van der Waals surface area contributed by atoms with Crippen molar-refractivity contribution in [3.63, 3.8) is 0 Å². The smallest absolute Gasteiger partial charge is 0.0540 e. The van der Waals surface area contributed by atoms with E-state index in [2.05, 4.69) is 20.8 Å². The van der Waals surface area contributed by atoms with Gasteiger partial charge in [-0.25, -0.2) is 0 Å². The van der Waals surface area contributed by atoms with Gasteiger partial charge in [-0.05, 0) is 18.8 Å². The zero-order valence-electron chi connectivity index (χ0n) is 10.3. The van der Waals surface area contributed by atoms with Gasteiger partial charge in [0.15, 0.2) is 0 Å². The molecule has 0 heterocycles. The van der Waals surface area contributed by atoms with E-state index >= 15 is 0 Å². The Morgan fingerprint density at radius 2 is 1.43 bits per heavy atom. The normalized spacial score (nSPS) is 13.5. The second-order valence-corrected chi connectivity index (χ2v) is 4.83. The topological polar surface area (TPSA) is 20.2 Å². The summed E-state index contributed by atoms with van der Waals surface area (Å²) in [5, 5.41) is 9.59. The molecule has 0 aliphatic heterocycles.